The summed E-state index contributed by atoms with van der Waals surface area (Å²) >= 11 is 0. The predicted octanol–water partition coefficient (Wildman–Crippen LogP) is 2.05. The van der Waals surface area contributed by atoms with Gasteiger partial charge in [-0.15, -0.1) is 6.58 Å². The molecule has 0 bridgehead atoms. The summed E-state index contributed by atoms with van der Waals surface area (Å²) in [7, 11) is 0. The van der Waals surface area contributed by atoms with Gasteiger partial charge in [-0.25, -0.2) is 0 Å². The van der Waals surface area contributed by atoms with Crippen LogP contribution in [0.25, 0.3) is 0 Å². The van der Waals surface area contributed by atoms with Crippen LogP contribution in [0.15, 0.2) is 43.0 Å². The molecule has 2 atom stereocenters. The molecule has 1 aromatic carbocycles. The Hall–Kier alpha value is -1.36. The molecule has 2 saturated heterocycles. The van der Waals surface area contributed by atoms with Gasteiger partial charge in [0.05, 0.1) is 26.4 Å². The van der Waals surface area contributed by atoms with Crippen molar-refractivity contribution in [2.75, 3.05) is 33.0 Å². The average molecular weight is 264 g/mol. The summed E-state index contributed by atoms with van der Waals surface area (Å²) in [6, 6.07) is 9.79. The van der Waals surface area contributed by atoms with Crippen molar-refractivity contribution in [3.05, 3.63) is 43.0 Å². The fourth-order valence-electron chi connectivity index (χ4n) is 1.32. The largest absolute Gasteiger partial charge is 0.491 e. The van der Waals surface area contributed by atoms with Crippen LogP contribution in [-0.4, -0.2) is 45.2 Å². The van der Waals surface area contributed by atoms with Crippen LogP contribution < -0.4 is 4.74 Å². The predicted molar refractivity (Wildman–Crippen MR) is 72.4 cm³/mol. The van der Waals surface area contributed by atoms with E-state index in [0.717, 1.165) is 25.6 Å². The van der Waals surface area contributed by atoms with Crippen molar-refractivity contribution in [3.63, 3.8) is 0 Å². The van der Waals surface area contributed by atoms with Crippen molar-refractivity contribution >= 4 is 0 Å². The molecule has 4 heteroatoms. The summed E-state index contributed by atoms with van der Waals surface area (Å²) in [6.07, 6.45) is 2.47. The van der Waals surface area contributed by atoms with Gasteiger partial charge in [-0.1, -0.05) is 24.3 Å². The van der Waals surface area contributed by atoms with Crippen molar-refractivity contribution in [3.8, 4) is 5.75 Å². The molecule has 1 aromatic rings. The molecule has 3 rings (SSSR count). The Balaban J connectivity index is 0.000000148. The van der Waals surface area contributed by atoms with Crippen LogP contribution in [0, 0.1) is 0 Å². The number of hydrogen-bond acceptors (Lipinski definition) is 4. The normalized spacial score (nSPS) is 22.9. The van der Waals surface area contributed by atoms with Crippen LogP contribution in [0.1, 0.15) is 0 Å². The molecular weight excluding hydrogens is 244 g/mol. The molecule has 4 nitrogen and oxygen atoms in total. The summed E-state index contributed by atoms with van der Waals surface area (Å²) in [5.74, 6) is 0.919. The van der Waals surface area contributed by atoms with Crippen LogP contribution in [0.3, 0.4) is 0 Å². The minimum Gasteiger partial charge on any atom is -0.491 e. The summed E-state index contributed by atoms with van der Waals surface area (Å²) in [4.78, 5) is 0. The Labute approximate surface area is 113 Å². The molecule has 104 valence electrons. The van der Waals surface area contributed by atoms with Crippen molar-refractivity contribution in [2.24, 2.45) is 0 Å². The van der Waals surface area contributed by atoms with Gasteiger partial charge < -0.3 is 18.9 Å². The van der Waals surface area contributed by atoms with E-state index >= 15 is 0 Å². The van der Waals surface area contributed by atoms with Gasteiger partial charge in [0.2, 0.25) is 0 Å². The second-order valence-corrected chi connectivity index (χ2v) is 4.36. The standard InChI is InChI=1S/C9H10O2.C6H10O2/c1-2-4-8(5-3-1)10-6-9-7-11-9;1-2-3-7-4-6-5-8-6/h1-5,9H,6-7H2;2,6H,1,3-5H2. The van der Waals surface area contributed by atoms with E-state index in [1.165, 1.54) is 0 Å². The first kappa shape index (κ1) is 14.1. The molecule has 2 fully saturated rings. The Kier molecular flexibility index (Phi) is 5.88. The lowest BCUT2D eigenvalue weighted by Crippen LogP contribution is -2.03. The first-order chi connectivity index (χ1) is 9.38. The molecule has 0 aliphatic carbocycles. The molecule has 2 aliphatic rings. The average Bonchev–Trinajstić information content (AvgIpc) is 3.33. The maximum Gasteiger partial charge on any atom is 0.119 e. The van der Waals surface area contributed by atoms with Gasteiger partial charge >= 0.3 is 0 Å². The number of epoxide rings is 2. The first-order valence-electron chi connectivity index (χ1n) is 6.48. The Morgan fingerprint density at radius 3 is 2.32 bits per heavy atom. The van der Waals surface area contributed by atoms with Gasteiger partial charge in [-0.2, -0.15) is 0 Å². The van der Waals surface area contributed by atoms with E-state index in [2.05, 4.69) is 6.58 Å². The summed E-state index contributed by atoms with van der Waals surface area (Å²) < 4.78 is 20.4. The van der Waals surface area contributed by atoms with Gasteiger partial charge in [0.15, 0.2) is 0 Å². The Bertz CT molecular complexity index is 358. The van der Waals surface area contributed by atoms with E-state index in [0.29, 0.717) is 25.4 Å². The maximum atomic E-state index is 5.40. The quantitative estimate of drug-likeness (QED) is 0.429. The molecule has 0 spiro atoms. The maximum absolute atomic E-state index is 5.40. The number of rotatable bonds is 7. The second kappa shape index (κ2) is 7.94. The van der Waals surface area contributed by atoms with Gasteiger partial charge in [0.25, 0.3) is 0 Å². The van der Waals surface area contributed by atoms with Crippen molar-refractivity contribution < 1.29 is 18.9 Å². The topological polar surface area (TPSA) is 43.5 Å². The minimum absolute atomic E-state index is 0.343. The molecule has 2 heterocycles. The van der Waals surface area contributed by atoms with Gasteiger partial charge in [0, 0.05) is 0 Å². The van der Waals surface area contributed by atoms with Crippen LogP contribution in [0.2, 0.25) is 0 Å². The van der Waals surface area contributed by atoms with Crippen molar-refractivity contribution in [1.29, 1.82) is 0 Å². The fourth-order valence-corrected chi connectivity index (χ4v) is 1.32. The zero-order valence-corrected chi connectivity index (χ0v) is 11.0. The van der Waals surface area contributed by atoms with E-state index in [-0.39, 0.29) is 0 Å². The van der Waals surface area contributed by atoms with Gasteiger partial charge in [-0.05, 0) is 12.1 Å². The number of hydrogen-bond donors (Lipinski definition) is 0. The third kappa shape index (κ3) is 6.96. The van der Waals surface area contributed by atoms with Crippen LogP contribution in [0.5, 0.6) is 5.75 Å². The van der Waals surface area contributed by atoms with Crippen LogP contribution in [0.4, 0.5) is 0 Å². The highest BCUT2D eigenvalue weighted by atomic mass is 16.6. The molecule has 2 aliphatic heterocycles. The van der Waals surface area contributed by atoms with Crippen LogP contribution >= 0.6 is 0 Å². The number of ether oxygens (including phenoxy) is 4. The first-order valence-corrected chi connectivity index (χ1v) is 6.48. The smallest absolute Gasteiger partial charge is 0.119 e. The fraction of sp³-hybridized carbons (Fsp3) is 0.467. The molecule has 2 unspecified atom stereocenters. The highest BCUT2D eigenvalue weighted by Crippen LogP contribution is 2.13. The summed E-state index contributed by atoms with van der Waals surface area (Å²) in [5, 5.41) is 0. The van der Waals surface area contributed by atoms with Gasteiger partial charge in [-0.3, -0.25) is 0 Å². The summed E-state index contributed by atoms with van der Waals surface area (Å²) in [6.45, 7) is 7.29. The lowest BCUT2D eigenvalue weighted by atomic mass is 10.3. The summed E-state index contributed by atoms with van der Waals surface area (Å²) in [5.41, 5.74) is 0. The highest BCUT2D eigenvalue weighted by molar-refractivity contribution is 5.20. The molecule has 0 radical (unpaired) electrons. The van der Waals surface area contributed by atoms with Gasteiger partial charge in [0.1, 0.15) is 24.6 Å². The zero-order chi connectivity index (χ0) is 13.3. The Morgan fingerprint density at radius 1 is 1.11 bits per heavy atom. The molecule has 0 amide bonds. The molecule has 0 saturated carbocycles. The lowest BCUT2D eigenvalue weighted by molar-refractivity contribution is 0.141. The van der Waals surface area contributed by atoms with E-state index in [9.17, 15) is 0 Å². The van der Waals surface area contributed by atoms with E-state index < -0.39 is 0 Å². The molecular formula is C15H20O4. The Morgan fingerprint density at radius 2 is 1.74 bits per heavy atom. The zero-order valence-electron chi connectivity index (χ0n) is 11.0. The monoisotopic (exact) mass is 264 g/mol. The lowest BCUT2D eigenvalue weighted by Gasteiger charge is -2.01. The second-order valence-electron chi connectivity index (χ2n) is 4.36. The van der Waals surface area contributed by atoms with Crippen molar-refractivity contribution in [2.45, 2.75) is 12.2 Å². The van der Waals surface area contributed by atoms with Crippen LogP contribution in [-0.2, 0) is 14.2 Å². The third-order valence-electron chi connectivity index (χ3n) is 2.52. The minimum atomic E-state index is 0.343. The SMILES string of the molecule is C=CCOCC1CO1.c1ccc(OCC2CO2)cc1. The highest BCUT2D eigenvalue weighted by Gasteiger charge is 2.23. The van der Waals surface area contributed by atoms with E-state index in [4.69, 9.17) is 18.9 Å². The molecule has 0 aromatic heterocycles. The molecule has 0 N–H and O–H groups in total. The van der Waals surface area contributed by atoms with Crippen molar-refractivity contribution in [1.82, 2.24) is 0 Å². The van der Waals surface area contributed by atoms with E-state index in [1.54, 1.807) is 6.08 Å². The van der Waals surface area contributed by atoms with E-state index in [1.807, 2.05) is 30.3 Å². The number of para-hydroxylation sites is 1. The number of benzene rings is 1. The third-order valence-corrected chi connectivity index (χ3v) is 2.52. The molecule has 19 heavy (non-hydrogen) atoms.